The summed E-state index contributed by atoms with van der Waals surface area (Å²) < 4.78 is 28.6. The largest absolute Gasteiger partial charge is 0.377 e. The van der Waals surface area contributed by atoms with Crippen LogP contribution in [0.4, 0.5) is 5.69 Å². The maximum absolute atomic E-state index is 13.0. The number of carbonyl (C=O) groups is 2. The van der Waals surface area contributed by atoms with Crippen molar-refractivity contribution in [2.24, 2.45) is 5.73 Å². The Balaban J connectivity index is 1.65. The molecule has 1 amide bonds. The highest BCUT2D eigenvalue weighted by atomic mass is 32.2. The first kappa shape index (κ1) is 26.7. The normalized spacial score (nSPS) is 12.3. The summed E-state index contributed by atoms with van der Waals surface area (Å²) in [4.78, 5) is 27.6. The molecule has 3 rings (SSSR count). The van der Waals surface area contributed by atoms with Crippen molar-refractivity contribution in [3.05, 3.63) is 66.7 Å². The molecule has 0 saturated carbocycles. The van der Waals surface area contributed by atoms with E-state index in [9.17, 15) is 18.0 Å². The lowest BCUT2D eigenvalue weighted by Crippen LogP contribution is -2.39. The van der Waals surface area contributed by atoms with Gasteiger partial charge in [0.15, 0.2) is 0 Å². The van der Waals surface area contributed by atoms with E-state index in [-0.39, 0.29) is 42.6 Å². The standard InChI is InChI=1S/C25H30N4O4S2/c1-29(2)22-12-6-11-21-20(22)10-7-13-24(21)35(32,33)28-15-14-27-25(31)23(16-18(30)17-26)34-19-8-4-3-5-9-19/h3-13,23,28H,14-17,26H2,1-2H3,(H,27,31). The molecule has 3 aromatic carbocycles. The maximum Gasteiger partial charge on any atom is 0.241 e. The van der Waals surface area contributed by atoms with Gasteiger partial charge in [-0.1, -0.05) is 42.5 Å². The molecule has 0 spiro atoms. The number of ketones is 1. The Hall–Kier alpha value is -2.92. The molecule has 0 heterocycles. The molecule has 35 heavy (non-hydrogen) atoms. The fourth-order valence-corrected chi connectivity index (χ4v) is 5.95. The van der Waals surface area contributed by atoms with Gasteiger partial charge in [0.1, 0.15) is 5.78 Å². The Labute approximate surface area is 210 Å². The number of nitrogens with zero attached hydrogens (tertiary/aromatic N) is 1. The lowest BCUT2D eigenvalue weighted by atomic mass is 10.1. The fourth-order valence-electron chi connectivity index (χ4n) is 3.59. The van der Waals surface area contributed by atoms with Crippen molar-refractivity contribution >= 4 is 49.9 Å². The molecule has 0 fully saturated rings. The summed E-state index contributed by atoms with van der Waals surface area (Å²) in [5, 5.41) is 3.52. The first-order valence-electron chi connectivity index (χ1n) is 11.1. The number of rotatable bonds is 12. The first-order chi connectivity index (χ1) is 16.7. The molecular formula is C25H30N4O4S2. The van der Waals surface area contributed by atoms with Crippen molar-refractivity contribution in [3.63, 3.8) is 0 Å². The Morgan fingerprint density at radius 3 is 2.31 bits per heavy atom. The summed E-state index contributed by atoms with van der Waals surface area (Å²) in [6.45, 7) is -0.0562. The van der Waals surface area contributed by atoms with Gasteiger partial charge in [-0.15, -0.1) is 11.8 Å². The summed E-state index contributed by atoms with van der Waals surface area (Å²) in [5.74, 6) is -0.567. The highest BCUT2D eigenvalue weighted by molar-refractivity contribution is 8.00. The minimum absolute atomic E-state index is 0.00215. The molecule has 10 heteroatoms. The van der Waals surface area contributed by atoms with Crippen LogP contribution in [0.3, 0.4) is 0 Å². The van der Waals surface area contributed by atoms with E-state index in [0.29, 0.717) is 5.39 Å². The van der Waals surface area contributed by atoms with Crippen LogP contribution in [0.2, 0.25) is 0 Å². The van der Waals surface area contributed by atoms with E-state index in [4.69, 9.17) is 5.73 Å². The second-order valence-corrected chi connectivity index (χ2v) is 11.1. The quantitative estimate of drug-likeness (QED) is 0.251. The number of nitrogens with one attached hydrogen (secondary N) is 2. The van der Waals surface area contributed by atoms with E-state index < -0.39 is 15.3 Å². The summed E-state index contributed by atoms with van der Waals surface area (Å²) in [7, 11) is -0.00651. The molecule has 0 saturated heterocycles. The van der Waals surface area contributed by atoms with Gasteiger partial charge in [0.05, 0.1) is 16.7 Å². The predicted octanol–water partition coefficient (Wildman–Crippen LogP) is 2.38. The lowest BCUT2D eigenvalue weighted by Gasteiger charge is -2.17. The van der Waals surface area contributed by atoms with Gasteiger partial charge in [0.25, 0.3) is 0 Å². The Morgan fingerprint density at radius 1 is 0.943 bits per heavy atom. The van der Waals surface area contributed by atoms with Crippen LogP contribution < -0.4 is 20.7 Å². The molecule has 186 valence electrons. The molecule has 0 aliphatic rings. The summed E-state index contributed by atoms with van der Waals surface area (Å²) in [6.07, 6.45) is -0.00215. The Morgan fingerprint density at radius 2 is 1.63 bits per heavy atom. The van der Waals surface area contributed by atoms with Crippen molar-refractivity contribution in [2.75, 3.05) is 38.6 Å². The fraction of sp³-hybridized carbons (Fsp3) is 0.280. The summed E-state index contributed by atoms with van der Waals surface area (Å²) in [5.41, 5.74) is 6.35. The van der Waals surface area contributed by atoms with Gasteiger partial charge < -0.3 is 16.0 Å². The Kier molecular flexibility index (Phi) is 9.27. The number of anilines is 1. The van der Waals surface area contributed by atoms with Crippen LogP contribution in [0.15, 0.2) is 76.5 Å². The van der Waals surface area contributed by atoms with Crippen molar-refractivity contribution in [3.8, 4) is 0 Å². The number of sulfonamides is 1. The van der Waals surface area contributed by atoms with Gasteiger partial charge in [-0.05, 0) is 24.3 Å². The van der Waals surface area contributed by atoms with Crippen LogP contribution in [0.1, 0.15) is 6.42 Å². The third-order valence-corrected chi connectivity index (χ3v) is 8.03. The average Bonchev–Trinajstić information content (AvgIpc) is 2.85. The zero-order valence-electron chi connectivity index (χ0n) is 19.7. The smallest absolute Gasteiger partial charge is 0.241 e. The van der Waals surface area contributed by atoms with Gasteiger partial charge in [-0.25, -0.2) is 13.1 Å². The van der Waals surface area contributed by atoms with Crippen LogP contribution in [-0.4, -0.2) is 59.1 Å². The van der Waals surface area contributed by atoms with Crippen LogP contribution in [0.25, 0.3) is 10.8 Å². The number of fused-ring (bicyclic) bond motifs is 1. The second kappa shape index (κ2) is 12.2. The first-order valence-corrected chi connectivity index (χ1v) is 13.5. The Bertz CT molecular complexity index is 1280. The monoisotopic (exact) mass is 514 g/mol. The molecule has 1 atom stereocenters. The van der Waals surface area contributed by atoms with Gasteiger partial charge in [-0.3, -0.25) is 9.59 Å². The lowest BCUT2D eigenvalue weighted by molar-refractivity contribution is -0.124. The number of hydrogen-bond donors (Lipinski definition) is 3. The van der Waals surface area contributed by atoms with Crippen molar-refractivity contribution in [1.82, 2.24) is 10.0 Å². The zero-order valence-corrected chi connectivity index (χ0v) is 21.4. The maximum atomic E-state index is 13.0. The van der Waals surface area contributed by atoms with Gasteiger partial charge in [0.2, 0.25) is 15.9 Å². The minimum Gasteiger partial charge on any atom is -0.377 e. The van der Waals surface area contributed by atoms with E-state index >= 15 is 0 Å². The predicted molar refractivity (Wildman–Crippen MR) is 141 cm³/mol. The highest BCUT2D eigenvalue weighted by Gasteiger charge is 2.23. The highest BCUT2D eigenvalue weighted by Crippen LogP contribution is 2.30. The van der Waals surface area contributed by atoms with Crippen LogP contribution in [0.5, 0.6) is 0 Å². The van der Waals surface area contributed by atoms with Crippen molar-refractivity contribution < 1.29 is 18.0 Å². The number of Topliss-reactive ketones (excluding diaryl/α,β-unsaturated/α-hetero) is 1. The molecule has 0 aliphatic carbocycles. The van der Waals surface area contributed by atoms with Crippen LogP contribution >= 0.6 is 11.8 Å². The third-order valence-electron chi connectivity index (χ3n) is 5.30. The van der Waals surface area contributed by atoms with Crippen LogP contribution in [0, 0.1) is 0 Å². The molecule has 3 aromatic rings. The van der Waals surface area contributed by atoms with E-state index in [1.165, 1.54) is 11.8 Å². The summed E-state index contributed by atoms with van der Waals surface area (Å²) >= 11 is 1.27. The third kappa shape index (κ3) is 7.04. The molecule has 4 N–H and O–H groups in total. The topological polar surface area (TPSA) is 122 Å². The SMILES string of the molecule is CN(C)c1cccc2c(S(=O)(=O)NCCNC(=O)C(CC(=O)CN)Sc3ccccc3)cccc12. The van der Waals surface area contributed by atoms with Gasteiger partial charge in [0, 0.05) is 55.0 Å². The number of amides is 1. The minimum atomic E-state index is -3.81. The van der Waals surface area contributed by atoms with E-state index in [0.717, 1.165) is 16.0 Å². The molecule has 1 unspecified atom stereocenters. The molecule has 0 aliphatic heterocycles. The van der Waals surface area contributed by atoms with Crippen molar-refractivity contribution in [1.29, 1.82) is 0 Å². The molecule has 0 bridgehead atoms. The molecule has 8 nitrogen and oxygen atoms in total. The average molecular weight is 515 g/mol. The van der Waals surface area contributed by atoms with Gasteiger partial charge >= 0.3 is 0 Å². The summed E-state index contributed by atoms with van der Waals surface area (Å²) in [6, 6.07) is 20.0. The number of benzene rings is 3. The number of carbonyl (C=O) groups excluding carboxylic acids is 2. The molecule has 0 aromatic heterocycles. The van der Waals surface area contributed by atoms with Crippen LogP contribution in [-0.2, 0) is 19.6 Å². The van der Waals surface area contributed by atoms with E-state index in [2.05, 4.69) is 10.0 Å². The molecular weight excluding hydrogens is 484 g/mol. The number of thioether (sulfide) groups is 1. The van der Waals surface area contributed by atoms with E-state index in [1.54, 1.807) is 18.2 Å². The van der Waals surface area contributed by atoms with Crippen molar-refractivity contribution in [2.45, 2.75) is 21.5 Å². The molecule has 0 radical (unpaired) electrons. The number of hydrogen-bond acceptors (Lipinski definition) is 7. The van der Waals surface area contributed by atoms with E-state index in [1.807, 2.05) is 67.5 Å². The van der Waals surface area contributed by atoms with Gasteiger partial charge in [-0.2, -0.15) is 0 Å². The number of nitrogens with two attached hydrogens (primary N) is 1. The zero-order chi connectivity index (χ0) is 25.4. The second-order valence-electron chi connectivity index (χ2n) is 8.08.